The van der Waals surface area contributed by atoms with Crippen LogP contribution < -0.4 is 10.6 Å². The Balaban J connectivity index is 1.86. The van der Waals surface area contributed by atoms with E-state index in [0.29, 0.717) is 5.91 Å². The zero-order valence-corrected chi connectivity index (χ0v) is 11.1. The molecule has 1 aliphatic carbocycles. The van der Waals surface area contributed by atoms with E-state index in [2.05, 4.69) is 17.6 Å². The van der Waals surface area contributed by atoms with Crippen LogP contribution >= 0.6 is 0 Å². The first-order valence-corrected chi connectivity index (χ1v) is 7.26. The number of piperidine rings is 1. The maximum atomic E-state index is 12.4. The average molecular weight is 238 g/mol. The minimum atomic E-state index is -0.114. The molecule has 1 saturated heterocycles. The molecule has 1 atom stereocenters. The van der Waals surface area contributed by atoms with E-state index >= 15 is 0 Å². The number of hydrogen-bond acceptors (Lipinski definition) is 2. The summed E-state index contributed by atoms with van der Waals surface area (Å²) in [5.74, 6) is 1.06. The van der Waals surface area contributed by atoms with Gasteiger partial charge in [0.15, 0.2) is 0 Å². The van der Waals surface area contributed by atoms with Crippen molar-refractivity contribution in [3.05, 3.63) is 0 Å². The highest BCUT2D eigenvalue weighted by Crippen LogP contribution is 2.32. The number of nitrogens with one attached hydrogen (secondary N) is 2. The lowest BCUT2D eigenvalue weighted by Gasteiger charge is -2.37. The van der Waals surface area contributed by atoms with Gasteiger partial charge in [-0.2, -0.15) is 0 Å². The molecule has 98 valence electrons. The Hall–Kier alpha value is -0.570. The van der Waals surface area contributed by atoms with Gasteiger partial charge in [0.05, 0.1) is 5.41 Å². The molecule has 0 bridgehead atoms. The van der Waals surface area contributed by atoms with Crippen molar-refractivity contribution in [1.82, 2.24) is 10.6 Å². The van der Waals surface area contributed by atoms with Gasteiger partial charge in [0.25, 0.3) is 0 Å². The summed E-state index contributed by atoms with van der Waals surface area (Å²) < 4.78 is 0. The molecule has 2 N–H and O–H groups in total. The first-order chi connectivity index (χ1) is 8.27. The third-order valence-electron chi connectivity index (χ3n) is 4.46. The molecule has 2 fully saturated rings. The second kappa shape index (κ2) is 5.85. The van der Waals surface area contributed by atoms with Crippen LogP contribution in [-0.2, 0) is 4.79 Å². The van der Waals surface area contributed by atoms with E-state index in [-0.39, 0.29) is 5.41 Å². The van der Waals surface area contributed by atoms with Gasteiger partial charge in [-0.1, -0.05) is 19.8 Å². The van der Waals surface area contributed by atoms with Crippen LogP contribution in [0.25, 0.3) is 0 Å². The lowest BCUT2D eigenvalue weighted by Crippen LogP contribution is -2.51. The predicted octanol–water partition coefficient (Wildman–Crippen LogP) is 2.07. The van der Waals surface area contributed by atoms with Crippen molar-refractivity contribution in [3.8, 4) is 0 Å². The van der Waals surface area contributed by atoms with Crippen LogP contribution in [0, 0.1) is 11.3 Å². The van der Waals surface area contributed by atoms with Crippen molar-refractivity contribution >= 4 is 5.91 Å². The average Bonchev–Trinajstić information content (AvgIpc) is 2.28. The maximum Gasteiger partial charge on any atom is 0.227 e. The fourth-order valence-electron chi connectivity index (χ4n) is 3.09. The normalized spacial score (nSPS) is 29.7. The molecule has 1 unspecified atom stereocenters. The van der Waals surface area contributed by atoms with Crippen molar-refractivity contribution in [2.45, 2.75) is 51.9 Å². The number of amides is 1. The first kappa shape index (κ1) is 12.9. The number of carbonyl (C=O) groups excluding carboxylic acids is 1. The highest BCUT2D eigenvalue weighted by atomic mass is 16.2. The predicted molar refractivity (Wildman–Crippen MR) is 69.8 cm³/mol. The van der Waals surface area contributed by atoms with Crippen molar-refractivity contribution in [2.75, 3.05) is 19.6 Å². The van der Waals surface area contributed by atoms with Gasteiger partial charge in [0.2, 0.25) is 5.91 Å². The summed E-state index contributed by atoms with van der Waals surface area (Å²) in [7, 11) is 0. The maximum absolute atomic E-state index is 12.4. The van der Waals surface area contributed by atoms with Crippen LogP contribution in [0.3, 0.4) is 0 Å². The zero-order valence-electron chi connectivity index (χ0n) is 11.1. The van der Waals surface area contributed by atoms with E-state index in [1.54, 1.807) is 0 Å². The molecular formula is C14H26N2O. The van der Waals surface area contributed by atoms with Crippen LogP contribution in [0.1, 0.15) is 51.9 Å². The van der Waals surface area contributed by atoms with Crippen LogP contribution in [0.4, 0.5) is 0 Å². The van der Waals surface area contributed by atoms with E-state index in [1.165, 1.54) is 19.3 Å². The molecule has 3 heteroatoms. The minimum absolute atomic E-state index is 0.114. The van der Waals surface area contributed by atoms with Gasteiger partial charge in [-0.05, 0) is 44.6 Å². The Morgan fingerprint density at radius 1 is 1.41 bits per heavy atom. The summed E-state index contributed by atoms with van der Waals surface area (Å²) in [5.41, 5.74) is -0.114. The highest BCUT2D eigenvalue weighted by molar-refractivity contribution is 5.83. The third kappa shape index (κ3) is 3.01. The Morgan fingerprint density at radius 2 is 2.24 bits per heavy atom. The smallest absolute Gasteiger partial charge is 0.227 e. The standard InChI is InChI=1S/C14H26N2O/c1-2-7-14(8-4-9-15-11-14)13(17)16-10-12-5-3-6-12/h12,15H,2-11H2,1H3,(H,16,17). The molecule has 0 aromatic carbocycles. The van der Waals surface area contributed by atoms with Crippen molar-refractivity contribution < 1.29 is 4.79 Å². The lowest BCUT2D eigenvalue weighted by molar-refractivity contribution is -0.133. The van der Waals surface area contributed by atoms with E-state index < -0.39 is 0 Å². The molecule has 1 amide bonds. The molecule has 2 rings (SSSR count). The quantitative estimate of drug-likeness (QED) is 0.770. The van der Waals surface area contributed by atoms with Crippen LogP contribution in [-0.4, -0.2) is 25.5 Å². The van der Waals surface area contributed by atoms with Gasteiger partial charge in [-0.3, -0.25) is 4.79 Å². The van der Waals surface area contributed by atoms with E-state index in [1.807, 2.05) is 0 Å². The summed E-state index contributed by atoms with van der Waals surface area (Å²) in [4.78, 5) is 12.4. The first-order valence-electron chi connectivity index (χ1n) is 7.26. The second-order valence-corrected chi connectivity index (χ2v) is 5.82. The van der Waals surface area contributed by atoms with E-state index in [9.17, 15) is 4.79 Å². The van der Waals surface area contributed by atoms with Gasteiger partial charge in [-0.25, -0.2) is 0 Å². The molecule has 0 radical (unpaired) electrons. The third-order valence-corrected chi connectivity index (χ3v) is 4.46. The highest BCUT2D eigenvalue weighted by Gasteiger charge is 2.38. The van der Waals surface area contributed by atoms with Crippen molar-refractivity contribution in [2.24, 2.45) is 11.3 Å². The second-order valence-electron chi connectivity index (χ2n) is 5.82. The fourth-order valence-corrected chi connectivity index (χ4v) is 3.09. The van der Waals surface area contributed by atoms with Gasteiger partial charge in [0, 0.05) is 13.1 Å². The SMILES string of the molecule is CCCC1(C(=O)NCC2CCC2)CCCNC1. The molecule has 0 aromatic heterocycles. The number of rotatable bonds is 5. The molecule has 17 heavy (non-hydrogen) atoms. The van der Waals surface area contributed by atoms with E-state index in [4.69, 9.17) is 0 Å². The molecule has 1 heterocycles. The fraction of sp³-hybridized carbons (Fsp3) is 0.929. The Kier molecular flexibility index (Phi) is 4.43. The van der Waals surface area contributed by atoms with Gasteiger partial charge in [-0.15, -0.1) is 0 Å². The topological polar surface area (TPSA) is 41.1 Å². The summed E-state index contributed by atoms with van der Waals surface area (Å²) in [6.07, 6.45) is 8.27. The molecular weight excluding hydrogens is 212 g/mol. The molecule has 2 aliphatic rings. The van der Waals surface area contributed by atoms with Crippen molar-refractivity contribution in [1.29, 1.82) is 0 Å². The summed E-state index contributed by atoms with van der Waals surface area (Å²) in [6.45, 7) is 5.03. The van der Waals surface area contributed by atoms with Gasteiger partial charge >= 0.3 is 0 Å². The summed E-state index contributed by atoms with van der Waals surface area (Å²) in [5, 5.41) is 6.60. The summed E-state index contributed by atoms with van der Waals surface area (Å²) >= 11 is 0. The molecule has 1 saturated carbocycles. The minimum Gasteiger partial charge on any atom is -0.355 e. The van der Waals surface area contributed by atoms with Crippen molar-refractivity contribution in [3.63, 3.8) is 0 Å². The molecule has 1 aliphatic heterocycles. The molecule has 0 aromatic rings. The number of hydrogen-bond donors (Lipinski definition) is 2. The molecule has 3 nitrogen and oxygen atoms in total. The van der Waals surface area contributed by atoms with E-state index in [0.717, 1.165) is 51.2 Å². The van der Waals surface area contributed by atoms with Gasteiger partial charge in [0.1, 0.15) is 0 Å². The zero-order chi connectivity index (χ0) is 12.1. The monoisotopic (exact) mass is 238 g/mol. The van der Waals surface area contributed by atoms with Crippen LogP contribution in [0.5, 0.6) is 0 Å². The van der Waals surface area contributed by atoms with Crippen LogP contribution in [0.2, 0.25) is 0 Å². The van der Waals surface area contributed by atoms with Gasteiger partial charge < -0.3 is 10.6 Å². The number of carbonyl (C=O) groups is 1. The molecule has 0 spiro atoms. The largest absolute Gasteiger partial charge is 0.355 e. The Bertz CT molecular complexity index is 249. The Morgan fingerprint density at radius 3 is 2.76 bits per heavy atom. The Labute approximate surface area is 105 Å². The summed E-state index contributed by atoms with van der Waals surface area (Å²) in [6, 6.07) is 0. The lowest BCUT2D eigenvalue weighted by atomic mass is 9.76. The van der Waals surface area contributed by atoms with Crippen LogP contribution in [0.15, 0.2) is 0 Å².